The summed E-state index contributed by atoms with van der Waals surface area (Å²) in [7, 11) is 0. The fourth-order valence-electron chi connectivity index (χ4n) is 3.12. The molecule has 0 unspecified atom stereocenters. The average Bonchev–Trinajstić information content (AvgIpc) is 2.79. The van der Waals surface area contributed by atoms with E-state index in [1.54, 1.807) is 42.5 Å². The summed E-state index contributed by atoms with van der Waals surface area (Å²) < 4.78 is 0. The van der Waals surface area contributed by atoms with Gasteiger partial charge in [-0.05, 0) is 30.3 Å². The third-order valence-electron chi connectivity index (χ3n) is 4.60. The van der Waals surface area contributed by atoms with Crippen LogP contribution < -0.4 is 5.43 Å². The SMILES string of the molecule is O=C(N/N=C/c1ccccc1[N+](=O)[O-])c1cc(-c2ccc(Cl)cc2)nc2ccccc12. The summed E-state index contributed by atoms with van der Waals surface area (Å²) in [6.07, 6.45) is 1.25. The van der Waals surface area contributed by atoms with Gasteiger partial charge >= 0.3 is 0 Å². The van der Waals surface area contributed by atoms with Crippen LogP contribution in [0.4, 0.5) is 5.69 Å². The molecule has 1 amide bonds. The number of benzene rings is 3. The summed E-state index contributed by atoms with van der Waals surface area (Å²) in [5.41, 5.74) is 5.11. The highest BCUT2D eigenvalue weighted by atomic mass is 35.5. The number of carbonyl (C=O) groups is 1. The largest absolute Gasteiger partial charge is 0.278 e. The molecule has 0 aliphatic rings. The zero-order chi connectivity index (χ0) is 21.8. The van der Waals surface area contributed by atoms with Gasteiger partial charge in [0.1, 0.15) is 0 Å². The highest BCUT2D eigenvalue weighted by Crippen LogP contribution is 2.26. The lowest BCUT2D eigenvalue weighted by molar-refractivity contribution is -0.385. The number of hydrogen-bond donors (Lipinski definition) is 1. The highest BCUT2D eigenvalue weighted by molar-refractivity contribution is 6.30. The Morgan fingerprint density at radius 3 is 2.52 bits per heavy atom. The molecule has 31 heavy (non-hydrogen) atoms. The van der Waals surface area contributed by atoms with Crippen molar-refractivity contribution in [1.29, 1.82) is 0 Å². The van der Waals surface area contributed by atoms with E-state index in [4.69, 9.17) is 11.6 Å². The number of para-hydroxylation sites is 2. The lowest BCUT2D eigenvalue weighted by Gasteiger charge is -2.09. The molecule has 0 fully saturated rings. The second-order valence-electron chi connectivity index (χ2n) is 6.59. The number of hydrazone groups is 1. The molecule has 152 valence electrons. The molecule has 0 aliphatic heterocycles. The third-order valence-corrected chi connectivity index (χ3v) is 4.86. The van der Waals surface area contributed by atoms with Gasteiger partial charge in [-0.2, -0.15) is 5.10 Å². The number of halogens is 1. The number of rotatable bonds is 5. The molecule has 3 aromatic carbocycles. The van der Waals surface area contributed by atoms with Crippen LogP contribution in [0.5, 0.6) is 0 Å². The number of hydrogen-bond acceptors (Lipinski definition) is 5. The Morgan fingerprint density at radius 2 is 1.74 bits per heavy atom. The smallest absolute Gasteiger partial charge is 0.267 e. The fraction of sp³-hybridized carbons (Fsp3) is 0. The van der Waals surface area contributed by atoms with Crippen LogP contribution in [0.3, 0.4) is 0 Å². The Kier molecular flexibility index (Phi) is 5.68. The van der Waals surface area contributed by atoms with E-state index < -0.39 is 10.8 Å². The van der Waals surface area contributed by atoms with Gasteiger partial charge in [-0.25, -0.2) is 10.4 Å². The predicted octanol–water partition coefficient (Wildman–Crippen LogP) is 5.23. The Balaban J connectivity index is 1.67. The van der Waals surface area contributed by atoms with Gasteiger partial charge in [0.25, 0.3) is 11.6 Å². The monoisotopic (exact) mass is 430 g/mol. The number of aromatic nitrogens is 1. The van der Waals surface area contributed by atoms with E-state index in [9.17, 15) is 14.9 Å². The van der Waals surface area contributed by atoms with E-state index in [1.807, 2.05) is 30.3 Å². The first-order valence-electron chi connectivity index (χ1n) is 9.25. The van der Waals surface area contributed by atoms with E-state index in [2.05, 4.69) is 15.5 Å². The maximum Gasteiger partial charge on any atom is 0.278 e. The van der Waals surface area contributed by atoms with Gasteiger partial charge in [-0.3, -0.25) is 14.9 Å². The summed E-state index contributed by atoms with van der Waals surface area (Å²) in [6, 6.07) is 22.3. The highest BCUT2D eigenvalue weighted by Gasteiger charge is 2.14. The van der Waals surface area contributed by atoms with Gasteiger partial charge in [-0.15, -0.1) is 0 Å². The normalized spacial score (nSPS) is 11.0. The van der Waals surface area contributed by atoms with Crippen LogP contribution in [0.25, 0.3) is 22.2 Å². The van der Waals surface area contributed by atoms with Crippen molar-refractivity contribution in [2.45, 2.75) is 0 Å². The lowest BCUT2D eigenvalue weighted by atomic mass is 10.0. The van der Waals surface area contributed by atoms with E-state index >= 15 is 0 Å². The number of nitrogens with one attached hydrogen (secondary N) is 1. The lowest BCUT2D eigenvalue weighted by Crippen LogP contribution is -2.18. The van der Waals surface area contributed by atoms with E-state index in [-0.39, 0.29) is 11.3 Å². The molecule has 4 aromatic rings. The first kappa shape index (κ1) is 20.2. The molecular formula is C23H15ClN4O3. The molecule has 0 atom stereocenters. The summed E-state index contributed by atoms with van der Waals surface area (Å²) in [6.45, 7) is 0. The number of carbonyl (C=O) groups excluding carboxylic acids is 1. The van der Waals surface area contributed by atoms with Gasteiger partial charge < -0.3 is 0 Å². The minimum atomic E-state index is -0.502. The van der Waals surface area contributed by atoms with Crippen LogP contribution in [0.15, 0.2) is 84.0 Å². The number of pyridine rings is 1. The van der Waals surface area contributed by atoms with Crippen molar-refractivity contribution in [3.8, 4) is 11.3 Å². The van der Waals surface area contributed by atoms with E-state index in [1.165, 1.54) is 12.3 Å². The average molecular weight is 431 g/mol. The van der Waals surface area contributed by atoms with Gasteiger partial charge in [0.15, 0.2) is 0 Å². The van der Waals surface area contributed by atoms with Crippen molar-refractivity contribution < 1.29 is 9.72 Å². The number of nitro benzene ring substituents is 1. The van der Waals surface area contributed by atoms with Gasteiger partial charge in [0.05, 0.1) is 33.5 Å². The number of amides is 1. The van der Waals surface area contributed by atoms with Gasteiger partial charge in [-0.1, -0.05) is 54.1 Å². The molecule has 0 saturated carbocycles. The van der Waals surface area contributed by atoms with Crippen LogP contribution in [0, 0.1) is 10.1 Å². The van der Waals surface area contributed by atoms with Crippen molar-refractivity contribution in [3.05, 3.63) is 105 Å². The summed E-state index contributed by atoms with van der Waals surface area (Å²) in [4.78, 5) is 28.2. The van der Waals surface area contributed by atoms with Crippen LogP contribution in [0.2, 0.25) is 5.02 Å². The standard InChI is InChI=1S/C23H15ClN4O3/c24-17-11-9-15(10-12-17)21-13-19(18-6-2-3-7-20(18)26-21)23(29)27-25-14-16-5-1-4-8-22(16)28(30)31/h1-14H,(H,27,29)/b25-14+. The Labute approximate surface area is 182 Å². The number of nitro groups is 1. The second kappa shape index (κ2) is 8.73. The van der Waals surface area contributed by atoms with Gasteiger partial charge in [0.2, 0.25) is 0 Å². The van der Waals surface area contributed by atoms with Crippen molar-refractivity contribution in [1.82, 2.24) is 10.4 Å². The molecule has 8 heteroatoms. The zero-order valence-electron chi connectivity index (χ0n) is 16.0. The Bertz CT molecular complexity index is 1320. The first-order chi connectivity index (χ1) is 15.0. The van der Waals surface area contributed by atoms with Gasteiger partial charge in [0, 0.05) is 22.0 Å². The summed E-state index contributed by atoms with van der Waals surface area (Å²) in [5, 5.41) is 16.3. The molecule has 0 aliphatic carbocycles. The molecule has 4 rings (SSSR count). The van der Waals surface area contributed by atoms with Crippen molar-refractivity contribution in [3.63, 3.8) is 0 Å². The van der Waals surface area contributed by atoms with E-state index in [0.717, 1.165) is 5.56 Å². The number of fused-ring (bicyclic) bond motifs is 1. The zero-order valence-corrected chi connectivity index (χ0v) is 16.8. The number of nitrogens with zero attached hydrogens (tertiary/aromatic N) is 3. The van der Waals surface area contributed by atoms with Crippen LogP contribution in [-0.2, 0) is 0 Å². The minimum absolute atomic E-state index is 0.0973. The molecule has 7 nitrogen and oxygen atoms in total. The second-order valence-corrected chi connectivity index (χ2v) is 7.03. The van der Waals surface area contributed by atoms with E-state index in [0.29, 0.717) is 27.2 Å². The Morgan fingerprint density at radius 1 is 1.03 bits per heavy atom. The maximum atomic E-state index is 12.9. The summed E-state index contributed by atoms with van der Waals surface area (Å²) in [5.74, 6) is -0.455. The summed E-state index contributed by atoms with van der Waals surface area (Å²) >= 11 is 5.97. The molecule has 0 bridgehead atoms. The van der Waals surface area contributed by atoms with Crippen molar-refractivity contribution in [2.75, 3.05) is 0 Å². The van der Waals surface area contributed by atoms with Crippen LogP contribution in [-0.4, -0.2) is 22.0 Å². The molecule has 1 N–H and O–H groups in total. The maximum absolute atomic E-state index is 12.9. The molecule has 0 saturated heterocycles. The predicted molar refractivity (Wildman–Crippen MR) is 120 cm³/mol. The quantitative estimate of drug-likeness (QED) is 0.266. The van der Waals surface area contributed by atoms with Crippen molar-refractivity contribution in [2.24, 2.45) is 5.10 Å². The van der Waals surface area contributed by atoms with Crippen LogP contribution in [0.1, 0.15) is 15.9 Å². The first-order valence-corrected chi connectivity index (χ1v) is 9.63. The Hall–Kier alpha value is -4.10. The third kappa shape index (κ3) is 4.41. The molecule has 0 spiro atoms. The minimum Gasteiger partial charge on any atom is -0.267 e. The molecule has 0 radical (unpaired) electrons. The molecule has 1 aromatic heterocycles. The van der Waals surface area contributed by atoms with Crippen LogP contribution >= 0.6 is 11.6 Å². The molecular weight excluding hydrogens is 416 g/mol. The topological polar surface area (TPSA) is 97.5 Å². The molecule has 1 heterocycles. The van der Waals surface area contributed by atoms with Crippen molar-refractivity contribution >= 4 is 40.3 Å². The fourth-order valence-corrected chi connectivity index (χ4v) is 3.24.